The summed E-state index contributed by atoms with van der Waals surface area (Å²) in [6.07, 6.45) is 1.09. The second-order valence-corrected chi connectivity index (χ2v) is 6.86. The molecule has 0 aliphatic carbocycles. The van der Waals surface area contributed by atoms with E-state index in [0.29, 0.717) is 12.0 Å². The Kier molecular flexibility index (Phi) is 4.22. The SMILES string of the molecule is COc1cc2c(cc1OC)C1CN(C)CCC1N=C2c1ccccc1. The van der Waals surface area contributed by atoms with E-state index in [-0.39, 0.29) is 0 Å². The molecular weight excluding hydrogens is 312 g/mol. The van der Waals surface area contributed by atoms with Crippen LogP contribution in [0.25, 0.3) is 0 Å². The fourth-order valence-electron chi connectivity index (χ4n) is 4.03. The van der Waals surface area contributed by atoms with E-state index in [1.807, 2.05) is 6.07 Å². The van der Waals surface area contributed by atoms with Crippen LogP contribution in [0.4, 0.5) is 0 Å². The summed E-state index contributed by atoms with van der Waals surface area (Å²) in [7, 11) is 5.57. The molecule has 2 aromatic rings. The fourth-order valence-corrected chi connectivity index (χ4v) is 4.03. The zero-order valence-corrected chi connectivity index (χ0v) is 15.0. The maximum absolute atomic E-state index is 5.57. The summed E-state index contributed by atoms with van der Waals surface area (Å²) < 4.78 is 11.1. The van der Waals surface area contributed by atoms with E-state index in [4.69, 9.17) is 14.5 Å². The Morgan fingerprint density at radius 2 is 1.76 bits per heavy atom. The minimum Gasteiger partial charge on any atom is -0.493 e. The Labute approximate surface area is 149 Å². The van der Waals surface area contributed by atoms with E-state index in [2.05, 4.69) is 48.3 Å². The first-order valence-electron chi connectivity index (χ1n) is 8.79. The number of piperidine rings is 1. The largest absolute Gasteiger partial charge is 0.493 e. The van der Waals surface area contributed by atoms with E-state index in [9.17, 15) is 0 Å². The fraction of sp³-hybridized carbons (Fsp3) is 0.381. The molecule has 0 aromatic heterocycles. The maximum Gasteiger partial charge on any atom is 0.161 e. The number of rotatable bonds is 3. The van der Waals surface area contributed by atoms with Gasteiger partial charge in [-0.05, 0) is 37.7 Å². The number of hydrogen-bond donors (Lipinski definition) is 0. The van der Waals surface area contributed by atoms with Crippen molar-refractivity contribution in [3.63, 3.8) is 0 Å². The minimum atomic E-state index is 0.331. The molecule has 0 amide bonds. The average molecular weight is 336 g/mol. The van der Waals surface area contributed by atoms with Gasteiger partial charge in [-0.15, -0.1) is 0 Å². The number of methoxy groups -OCH3 is 2. The average Bonchev–Trinajstić information content (AvgIpc) is 2.67. The number of likely N-dealkylation sites (N-methyl/N-ethyl adjacent to an activating group) is 1. The predicted octanol–water partition coefficient (Wildman–Crippen LogP) is 3.34. The van der Waals surface area contributed by atoms with Gasteiger partial charge in [0.05, 0.1) is 26.0 Å². The van der Waals surface area contributed by atoms with Crippen LogP contribution in [0.1, 0.15) is 29.0 Å². The van der Waals surface area contributed by atoms with Gasteiger partial charge < -0.3 is 14.4 Å². The Morgan fingerprint density at radius 3 is 2.48 bits per heavy atom. The third kappa shape index (κ3) is 2.81. The maximum atomic E-state index is 5.57. The Bertz CT molecular complexity index is 801. The second-order valence-electron chi connectivity index (χ2n) is 6.86. The lowest BCUT2D eigenvalue weighted by Crippen LogP contribution is -2.41. The molecule has 4 rings (SSSR count). The highest BCUT2D eigenvalue weighted by atomic mass is 16.5. The van der Waals surface area contributed by atoms with Gasteiger partial charge in [0.1, 0.15) is 0 Å². The molecule has 0 N–H and O–H groups in total. The molecule has 2 aliphatic rings. The van der Waals surface area contributed by atoms with Gasteiger partial charge in [-0.3, -0.25) is 4.99 Å². The summed E-state index contributed by atoms with van der Waals surface area (Å²) in [6, 6.07) is 15.0. The van der Waals surface area contributed by atoms with Crippen LogP contribution in [-0.2, 0) is 0 Å². The molecule has 130 valence electrons. The van der Waals surface area contributed by atoms with Crippen molar-refractivity contribution < 1.29 is 9.47 Å². The van der Waals surface area contributed by atoms with Gasteiger partial charge in [-0.25, -0.2) is 0 Å². The standard InChI is InChI=1S/C21H24N2O2/c1-23-10-9-18-17(13-23)15-11-19(24-2)20(25-3)12-16(15)21(22-18)14-7-5-4-6-8-14/h4-8,11-12,17-18H,9-10,13H2,1-3H3. The molecule has 2 aliphatic heterocycles. The lowest BCUT2D eigenvalue weighted by molar-refractivity contribution is 0.227. The van der Waals surface area contributed by atoms with E-state index < -0.39 is 0 Å². The topological polar surface area (TPSA) is 34.1 Å². The summed E-state index contributed by atoms with van der Waals surface area (Å²) in [5, 5.41) is 0. The number of aliphatic imine (C=N–C) groups is 1. The van der Waals surface area contributed by atoms with E-state index in [0.717, 1.165) is 42.3 Å². The number of hydrogen-bond acceptors (Lipinski definition) is 4. The summed E-state index contributed by atoms with van der Waals surface area (Å²) in [5.41, 5.74) is 4.72. The van der Waals surface area contributed by atoms with Crippen molar-refractivity contribution in [2.24, 2.45) is 4.99 Å². The molecule has 1 fully saturated rings. The van der Waals surface area contributed by atoms with Crippen molar-refractivity contribution in [2.75, 3.05) is 34.4 Å². The van der Waals surface area contributed by atoms with E-state index >= 15 is 0 Å². The highest BCUT2D eigenvalue weighted by molar-refractivity contribution is 6.15. The van der Waals surface area contributed by atoms with Gasteiger partial charge in [0, 0.05) is 23.6 Å². The highest BCUT2D eigenvalue weighted by Gasteiger charge is 2.36. The van der Waals surface area contributed by atoms with Crippen LogP contribution in [0.5, 0.6) is 11.5 Å². The van der Waals surface area contributed by atoms with Crippen LogP contribution in [0.2, 0.25) is 0 Å². The third-order valence-corrected chi connectivity index (χ3v) is 5.33. The summed E-state index contributed by atoms with van der Waals surface area (Å²) in [5.74, 6) is 1.95. The van der Waals surface area contributed by atoms with Crippen LogP contribution in [0.15, 0.2) is 47.5 Å². The van der Waals surface area contributed by atoms with E-state index in [1.165, 1.54) is 11.1 Å². The third-order valence-electron chi connectivity index (χ3n) is 5.33. The van der Waals surface area contributed by atoms with Gasteiger partial charge in [0.15, 0.2) is 11.5 Å². The lowest BCUT2D eigenvalue weighted by Gasteiger charge is -2.39. The number of fused-ring (bicyclic) bond motifs is 3. The molecular formula is C21H24N2O2. The van der Waals surface area contributed by atoms with Crippen molar-refractivity contribution in [3.8, 4) is 11.5 Å². The van der Waals surface area contributed by atoms with Gasteiger partial charge in [-0.2, -0.15) is 0 Å². The Balaban J connectivity index is 1.90. The number of benzene rings is 2. The van der Waals surface area contributed by atoms with Crippen LogP contribution < -0.4 is 9.47 Å². The summed E-state index contributed by atoms with van der Waals surface area (Å²) in [6.45, 7) is 2.12. The molecule has 4 heteroatoms. The molecule has 4 nitrogen and oxygen atoms in total. The van der Waals surface area contributed by atoms with Gasteiger partial charge in [-0.1, -0.05) is 30.3 Å². The van der Waals surface area contributed by atoms with Crippen LogP contribution in [-0.4, -0.2) is 51.0 Å². The van der Waals surface area contributed by atoms with Gasteiger partial charge in [0.25, 0.3) is 0 Å². The van der Waals surface area contributed by atoms with Gasteiger partial charge >= 0.3 is 0 Å². The van der Waals surface area contributed by atoms with Crippen molar-refractivity contribution in [2.45, 2.75) is 18.4 Å². The number of ether oxygens (including phenoxy) is 2. The molecule has 1 saturated heterocycles. The van der Waals surface area contributed by atoms with Gasteiger partial charge in [0.2, 0.25) is 0 Å². The first-order chi connectivity index (χ1) is 12.2. The minimum absolute atomic E-state index is 0.331. The van der Waals surface area contributed by atoms with Crippen molar-refractivity contribution in [3.05, 3.63) is 59.2 Å². The lowest BCUT2D eigenvalue weighted by atomic mass is 9.79. The molecule has 0 bridgehead atoms. The summed E-state index contributed by atoms with van der Waals surface area (Å²) in [4.78, 5) is 7.57. The van der Waals surface area contributed by atoms with Crippen LogP contribution >= 0.6 is 0 Å². The van der Waals surface area contributed by atoms with Crippen LogP contribution in [0.3, 0.4) is 0 Å². The first kappa shape index (κ1) is 16.2. The normalized spacial score (nSPS) is 22.6. The molecule has 2 aromatic carbocycles. The second kappa shape index (κ2) is 6.52. The summed E-state index contributed by atoms with van der Waals surface area (Å²) >= 11 is 0. The predicted molar refractivity (Wildman–Crippen MR) is 100 cm³/mol. The highest BCUT2D eigenvalue weighted by Crippen LogP contribution is 2.41. The van der Waals surface area contributed by atoms with Crippen molar-refractivity contribution in [1.82, 2.24) is 4.90 Å². The van der Waals surface area contributed by atoms with Crippen molar-refractivity contribution in [1.29, 1.82) is 0 Å². The Hall–Kier alpha value is -2.33. The zero-order valence-electron chi connectivity index (χ0n) is 15.0. The van der Waals surface area contributed by atoms with Crippen molar-refractivity contribution >= 4 is 5.71 Å². The monoisotopic (exact) mass is 336 g/mol. The molecule has 2 unspecified atom stereocenters. The van der Waals surface area contributed by atoms with Crippen LogP contribution in [0, 0.1) is 0 Å². The number of nitrogens with zero attached hydrogens (tertiary/aromatic N) is 2. The molecule has 2 heterocycles. The zero-order chi connectivity index (χ0) is 17.4. The number of likely N-dealkylation sites (tertiary alicyclic amines) is 1. The molecule has 0 radical (unpaired) electrons. The Morgan fingerprint density at radius 1 is 1.04 bits per heavy atom. The first-order valence-corrected chi connectivity index (χ1v) is 8.79. The quantitative estimate of drug-likeness (QED) is 0.862. The molecule has 2 atom stereocenters. The molecule has 0 saturated carbocycles. The van der Waals surface area contributed by atoms with E-state index in [1.54, 1.807) is 14.2 Å². The molecule has 0 spiro atoms. The molecule has 25 heavy (non-hydrogen) atoms. The smallest absolute Gasteiger partial charge is 0.161 e.